The molecule has 6 heteroatoms. The van der Waals surface area contributed by atoms with Gasteiger partial charge in [0.25, 0.3) is 0 Å². The molecule has 1 fully saturated rings. The highest BCUT2D eigenvalue weighted by Crippen LogP contribution is 2.25. The first-order valence-corrected chi connectivity index (χ1v) is 10.0. The molecule has 2 aliphatic rings. The van der Waals surface area contributed by atoms with Gasteiger partial charge in [-0.25, -0.2) is 4.79 Å². The molecule has 1 saturated heterocycles. The maximum Gasteiger partial charge on any atom is 0.318 e. The number of carbonyl (C=O) groups excluding carboxylic acids is 2. The van der Waals surface area contributed by atoms with E-state index in [2.05, 4.69) is 16.8 Å². The van der Waals surface area contributed by atoms with Crippen molar-refractivity contribution in [1.82, 2.24) is 15.1 Å². The second kappa shape index (κ2) is 7.50. The normalized spacial score (nSPS) is 17.9. The predicted molar refractivity (Wildman–Crippen MR) is 102 cm³/mol. The van der Waals surface area contributed by atoms with Crippen molar-refractivity contribution in [3.8, 4) is 0 Å². The standard InChI is InChI=1S/C20H23N3O2S/c24-19-7-4-10-22(19)14-17(15-5-2-1-3-6-15)21-20(25)23-11-8-18-16(13-23)9-12-26-18/h1-3,5-6,9,12,17H,4,7-8,10-11,13-14H2,(H,21,25)/t17-/m1/s1. The van der Waals surface area contributed by atoms with Crippen molar-refractivity contribution in [1.29, 1.82) is 0 Å². The third kappa shape index (κ3) is 3.60. The molecule has 2 aromatic rings. The molecule has 0 spiro atoms. The summed E-state index contributed by atoms with van der Waals surface area (Å²) in [4.78, 5) is 30.0. The van der Waals surface area contributed by atoms with Gasteiger partial charge in [0.05, 0.1) is 6.04 Å². The molecule has 26 heavy (non-hydrogen) atoms. The molecule has 0 aliphatic carbocycles. The number of carbonyl (C=O) groups is 2. The minimum Gasteiger partial charge on any atom is -0.340 e. The van der Waals surface area contributed by atoms with Crippen LogP contribution in [0, 0.1) is 0 Å². The number of amides is 3. The molecule has 4 rings (SSSR count). The van der Waals surface area contributed by atoms with E-state index in [-0.39, 0.29) is 18.0 Å². The third-order valence-corrected chi connectivity index (χ3v) is 6.19. The van der Waals surface area contributed by atoms with E-state index in [0.29, 0.717) is 19.5 Å². The van der Waals surface area contributed by atoms with Crippen LogP contribution in [0.15, 0.2) is 41.8 Å². The maximum absolute atomic E-state index is 12.9. The summed E-state index contributed by atoms with van der Waals surface area (Å²) in [5.74, 6) is 0.182. The fourth-order valence-electron chi connectivity index (χ4n) is 3.70. The summed E-state index contributed by atoms with van der Waals surface area (Å²) in [6, 6.07) is 11.8. The van der Waals surface area contributed by atoms with Gasteiger partial charge in [-0.1, -0.05) is 30.3 Å². The van der Waals surface area contributed by atoms with E-state index >= 15 is 0 Å². The van der Waals surface area contributed by atoms with Crippen LogP contribution in [0.5, 0.6) is 0 Å². The van der Waals surface area contributed by atoms with Crippen LogP contribution in [0.2, 0.25) is 0 Å². The maximum atomic E-state index is 12.9. The van der Waals surface area contributed by atoms with Gasteiger partial charge >= 0.3 is 6.03 Å². The summed E-state index contributed by atoms with van der Waals surface area (Å²) in [5, 5.41) is 5.27. The van der Waals surface area contributed by atoms with E-state index in [1.54, 1.807) is 11.3 Å². The quantitative estimate of drug-likeness (QED) is 0.900. The zero-order chi connectivity index (χ0) is 17.9. The number of nitrogens with one attached hydrogen (secondary N) is 1. The largest absolute Gasteiger partial charge is 0.340 e. The lowest BCUT2D eigenvalue weighted by Crippen LogP contribution is -2.46. The Hall–Kier alpha value is -2.34. The van der Waals surface area contributed by atoms with Gasteiger partial charge in [0, 0.05) is 37.5 Å². The molecule has 1 aromatic carbocycles. The van der Waals surface area contributed by atoms with Gasteiger partial charge in [-0.05, 0) is 35.4 Å². The van der Waals surface area contributed by atoms with E-state index in [1.807, 2.05) is 40.1 Å². The van der Waals surface area contributed by atoms with Crippen molar-refractivity contribution in [2.75, 3.05) is 19.6 Å². The molecule has 2 aliphatic heterocycles. The molecule has 0 bridgehead atoms. The van der Waals surface area contributed by atoms with Crippen LogP contribution in [0.25, 0.3) is 0 Å². The van der Waals surface area contributed by atoms with Crippen LogP contribution in [0.1, 0.15) is 34.9 Å². The van der Waals surface area contributed by atoms with E-state index in [0.717, 1.165) is 31.5 Å². The van der Waals surface area contributed by atoms with Crippen molar-refractivity contribution in [2.24, 2.45) is 0 Å². The van der Waals surface area contributed by atoms with Crippen LogP contribution in [0.4, 0.5) is 4.79 Å². The van der Waals surface area contributed by atoms with Gasteiger partial charge in [-0.2, -0.15) is 0 Å². The fraction of sp³-hybridized carbons (Fsp3) is 0.400. The lowest BCUT2D eigenvalue weighted by atomic mass is 10.1. The van der Waals surface area contributed by atoms with E-state index < -0.39 is 0 Å². The molecule has 1 aromatic heterocycles. The highest BCUT2D eigenvalue weighted by Gasteiger charge is 2.28. The molecule has 136 valence electrons. The SMILES string of the molecule is O=C1CCCN1C[C@@H](NC(=O)N1CCc2sccc2C1)c1ccccc1. The first kappa shape index (κ1) is 17.1. The van der Waals surface area contributed by atoms with Gasteiger partial charge in [-0.3, -0.25) is 4.79 Å². The average Bonchev–Trinajstić information content (AvgIpc) is 3.30. The molecule has 1 N–H and O–H groups in total. The Bertz CT molecular complexity index is 789. The van der Waals surface area contributed by atoms with Gasteiger partial charge in [0.15, 0.2) is 0 Å². The predicted octanol–water partition coefficient (Wildman–Crippen LogP) is 3.18. The lowest BCUT2D eigenvalue weighted by molar-refractivity contribution is -0.128. The molecular formula is C20H23N3O2S. The van der Waals surface area contributed by atoms with Crippen LogP contribution in [-0.2, 0) is 17.8 Å². The minimum atomic E-state index is -0.186. The molecule has 0 saturated carbocycles. The number of rotatable bonds is 4. The van der Waals surface area contributed by atoms with E-state index in [1.165, 1.54) is 10.4 Å². The average molecular weight is 369 g/mol. The molecule has 5 nitrogen and oxygen atoms in total. The second-order valence-corrected chi connectivity index (χ2v) is 7.90. The zero-order valence-electron chi connectivity index (χ0n) is 14.7. The van der Waals surface area contributed by atoms with Gasteiger partial charge in [0.2, 0.25) is 5.91 Å². The number of urea groups is 1. The minimum absolute atomic E-state index is 0.0534. The number of likely N-dealkylation sites (tertiary alicyclic amines) is 1. The van der Waals surface area contributed by atoms with Crippen LogP contribution < -0.4 is 5.32 Å². The van der Waals surface area contributed by atoms with Crippen LogP contribution >= 0.6 is 11.3 Å². The first-order valence-electron chi connectivity index (χ1n) is 9.14. The lowest BCUT2D eigenvalue weighted by Gasteiger charge is -2.31. The van der Waals surface area contributed by atoms with Crippen LogP contribution in [0.3, 0.4) is 0 Å². The number of hydrogen-bond donors (Lipinski definition) is 1. The Balaban J connectivity index is 1.47. The Morgan fingerprint density at radius 3 is 2.77 bits per heavy atom. The number of benzene rings is 1. The molecule has 1 atom stereocenters. The fourth-order valence-corrected chi connectivity index (χ4v) is 4.59. The monoisotopic (exact) mass is 369 g/mol. The van der Waals surface area contributed by atoms with Gasteiger partial charge in [-0.15, -0.1) is 11.3 Å². The van der Waals surface area contributed by atoms with Crippen molar-refractivity contribution in [2.45, 2.75) is 31.8 Å². The Morgan fingerprint density at radius 1 is 1.15 bits per heavy atom. The topological polar surface area (TPSA) is 52.7 Å². The number of fused-ring (bicyclic) bond motifs is 1. The molecule has 0 unspecified atom stereocenters. The number of hydrogen-bond acceptors (Lipinski definition) is 3. The number of thiophene rings is 1. The summed E-state index contributed by atoms with van der Waals surface area (Å²) in [6.45, 7) is 2.71. The number of nitrogens with zero attached hydrogens (tertiary/aromatic N) is 2. The molecular weight excluding hydrogens is 346 g/mol. The summed E-state index contributed by atoms with van der Waals surface area (Å²) in [7, 11) is 0. The van der Waals surface area contributed by atoms with Crippen molar-refractivity contribution in [3.05, 3.63) is 57.8 Å². The van der Waals surface area contributed by atoms with E-state index in [4.69, 9.17) is 0 Å². The van der Waals surface area contributed by atoms with Gasteiger partial charge < -0.3 is 15.1 Å². The summed E-state index contributed by atoms with van der Waals surface area (Å²) >= 11 is 1.77. The third-order valence-electron chi connectivity index (χ3n) is 5.17. The summed E-state index contributed by atoms with van der Waals surface area (Å²) in [5.41, 5.74) is 2.29. The van der Waals surface area contributed by atoms with Crippen molar-refractivity contribution < 1.29 is 9.59 Å². The highest BCUT2D eigenvalue weighted by molar-refractivity contribution is 7.10. The zero-order valence-corrected chi connectivity index (χ0v) is 15.5. The van der Waals surface area contributed by atoms with Gasteiger partial charge in [0.1, 0.15) is 0 Å². The second-order valence-electron chi connectivity index (χ2n) is 6.90. The Morgan fingerprint density at radius 2 is 2.00 bits per heavy atom. The first-order chi connectivity index (χ1) is 12.7. The van der Waals surface area contributed by atoms with E-state index in [9.17, 15) is 9.59 Å². The van der Waals surface area contributed by atoms with Crippen molar-refractivity contribution >= 4 is 23.3 Å². The molecule has 3 amide bonds. The Kier molecular flexibility index (Phi) is 4.93. The summed E-state index contributed by atoms with van der Waals surface area (Å²) in [6.07, 6.45) is 2.44. The Labute approximate surface area is 157 Å². The van der Waals surface area contributed by atoms with Crippen molar-refractivity contribution in [3.63, 3.8) is 0 Å². The highest BCUT2D eigenvalue weighted by atomic mass is 32.1. The van der Waals surface area contributed by atoms with Crippen LogP contribution in [-0.4, -0.2) is 41.4 Å². The molecule has 3 heterocycles. The summed E-state index contributed by atoms with van der Waals surface area (Å²) < 4.78 is 0. The smallest absolute Gasteiger partial charge is 0.318 e. The molecule has 0 radical (unpaired) electrons.